The normalized spacial score (nSPS) is 11.0. The van der Waals surface area contributed by atoms with E-state index in [2.05, 4.69) is 45.3 Å². The molecule has 0 radical (unpaired) electrons. The SMILES string of the molecule is CC(C)Cn1nnnc1SCCOc1cccc(Br)c1. The van der Waals surface area contributed by atoms with Crippen LogP contribution in [0, 0.1) is 5.92 Å². The Labute approximate surface area is 131 Å². The highest BCUT2D eigenvalue weighted by Gasteiger charge is 2.08. The second-order valence-corrected chi connectivity index (χ2v) is 6.67. The fraction of sp³-hybridized carbons (Fsp3) is 0.462. The quantitative estimate of drug-likeness (QED) is 0.562. The first-order chi connectivity index (χ1) is 9.65. The molecule has 2 aromatic rings. The molecular formula is C13H17BrN4OS. The lowest BCUT2D eigenvalue weighted by molar-refractivity contribution is 0.343. The summed E-state index contributed by atoms with van der Waals surface area (Å²) in [4.78, 5) is 0. The van der Waals surface area contributed by atoms with Crippen molar-refractivity contribution in [1.29, 1.82) is 0 Å². The zero-order valence-corrected chi connectivity index (χ0v) is 13.9. The second-order valence-electron chi connectivity index (χ2n) is 4.69. The summed E-state index contributed by atoms with van der Waals surface area (Å²) in [6.45, 7) is 5.75. The fourth-order valence-corrected chi connectivity index (χ4v) is 2.69. The molecule has 0 aliphatic heterocycles. The molecule has 1 heterocycles. The average Bonchev–Trinajstić information content (AvgIpc) is 2.81. The Morgan fingerprint density at radius 3 is 3.00 bits per heavy atom. The summed E-state index contributed by atoms with van der Waals surface area (Å²) < 4.78 is 8.54. The largest absolute Gasteiger partial charge is 0.493 e. The van der Waals surface area contributed by atoms with Crippen LogP contribution in [-0.4, -0.2) is 32.6 Å². The molecule has 0 N–H and O–H groups in total. The minimum absolute atomic E-state index is 0.524. The summed E-state index contributed by atoms with van der Waals surface area (Å²) in [7, 11) is 0. The van der Waals surface area contributed by atoms with Gasteiger partial charge in [-0.15, -0.1) is 5.10 Å². The minimum Gasteiger partial charge on any atom is -0.493 e. The molecule has 0 aliphatic carbocycles. The summed E-state index contributed by atoms with van der Waals surface area (Å²) in [5.74, 6) is 2.20. The Morgan fingerprint density at radius 1 is 1.40 bits per heavy atom. The van der Waals surface area contributed by atoms with E-state index < -0.39 is 0 Å². The van der Waals surface area contributed by atoms with Crippen molar-refractivity contribution < 1.29 is 4.74 Å². The van der Waals surface area contributed by atoms with Crippen LogP contribution in [0.2, 0.25) is 0 Å². The number of benzene rings is 1. The number of ether oxygens (including phenoxy) is 1. The first-order valence-electron chi connectivity index (χ1n) is 6.42. The van der Waals surface area contributed by atoms with Crippen molar-refractivity contribution in [1.82, 2.24) is 20.2 Å². The van der Waals surface area contributed by atoms with Crippen LogP contribution in [0.5, 0.6) is 5.75 Å². The van der Waals surface area contributed by atoms with Crippen LogP contribution < -0.4 is 4.74 Å². The van der Waals surface area contributed by atoms with Gasteiger partial charge in [-0.25, -0.2) is 4.68 Å². The molecule has 0 unspecified atom stereocenters. The van der Waals surface area contributed by atoms with Crippen LogP contribution in [0.15, 0.2) is 33.9 Å². The number of nitrogens with zero attached hydrogens (tertiary/aromatic N) is 4. The number of rotatable bonds is 7. The molecule has 0 saturated heterocycles. The van der Waals surface area contributed by atoms with Crippen molar-refractivity contribution in [3.8, 4) is 5.75 Å². The Morgan fingerprint density at radius 2 is 2.25 bits per heavy atom. The first kappa shape index (κ1) is 15.3. The molecular weight excluding hydrogens is 340 g/mol. The molecule has 1 aromatic carbocycles. The summed E-state index contributed by atoms with van der Waals surface area (Å²) in [5.41, 5.74) is 0. The van der Waals surface area contributed by atoms with Crippen molar-refractivity contribution in [2.24, 2.45) is 5.92 Å². The lowest BCUT2D eigenvalue weighted by Crippen LogP contribution is -2.08. The van der Waals surface area contributed by atoms with Crippen LogP contribution in [0.3, 0.4) is 0 Å². The highest BCUT2D eigenvalue weighted by Crippen LogP contribution is 2.19. The molecule has 0 spiro atoms. The standard InChI is InChI=1S/C13H17BrN4OS/c1-10(2)9-18-13(15-16-17-18)20-7-6-19-12-5-3-4-11(14)8-12/h3-5,8,10H,6-7,9H2,1-2H3. The first-order valence-corrected chi connectivity index (χ1v) is 8.20. The van der Waals surface area contributed by atoms with E-state index >= 15 is 0 Å². The summed E-state index contributed by atoms with van der Waals surface area (Å²) >= 11 is 5.03. The molecule has 20 heavy (non-hydrogen) atoms. The Hall–Kier alpha value is -1.08. The molecule has 0 fully saturated rings. The number of aromatic nitrogens is 4. The smallest absolute Gasteiger partial charge is 0.209 e. The minimum atomic E-state index is 0.524. The van der Waals surface area contributed by atoms with Gasteiger partial charge in [0.1, 0.15) is 5.75 Å². The van der Waals surface area contributed by atoms with Gasteiger partial charge < -0.3 is 4.74 Å². The molecule has 5 nitrogen and oxygen atoms in total. The number of hydrogen-bond donors (Lipinski definition) is 0. The predicted molar refractivity (Wildman–Crippen MR) is 83.0 cm³/mol. The lowest BCUT2D eigenvalue weighted by atomic mass is 10.2. The Kier molecular flexibility index (Phi) is 5.85. The van der Waals surface area contributed by atoms with E-state index in [-0.39, 0.29) is 0 Å². The maximum Gasteiger partial charge on any atom is 0.209 e. The van der Waals surface area contributed by atoms with Gasteiger partial charge in [-0.2, -0.15) is 0 Å². The van der Waals surface area contributed by atoms with Crippen molar-refractivity contribution >= 4 is 27.7 Å². The third-order valence-electron chi connectivity index (χ3n) is 2.42. The van der Waals surface area contributed by atoms with Gasteiger partial charge in [0.05, 0.1) is 6.61 Å². The van der Waals surface area contributed by atoms with E-state index in [1.807, 2.05) is 28.9 Å². The van der Waals surface area contributed by atoms with Crippen LogP contribution in [0.1, 0.15) is 13.8 Å². The van der Waals surface area contributed by atoms with Crippen molar-refractivity contribution in [2.75, 3.05) is 12.4 Å². The monoisotopic (exact) mass is 356 g/mol. The third kappa shape index (κ3) is 4.79. The third-order valence-corrected chi connectivity index (χ3v) is 3.83. The molecule has 7 heteroatoms. The van der Waals surface area contributed by atoms with E-state index in [0.717, 1.165) is 27.7 Å². The lowest BCUT2D eigenvalue weighted by Gasteiger charge is -2.08. The van der Waals surface area contributed by atoms with E-state index in [0.29, 0.717) is 12.5 Å². The Bertz CT molecular complexity index is 547. The van der Waals surface area contributed by atoms with Crippen molar-refractivity contribution in [2.45, 2.75) is 25.5 Å². The molecule has 1 aromatic heterocycles. The number of hydrogen-bond acceptors (Lipinski definition) is 5. The van der Waals surface area contributed by atoms with Crippen LogP contribution in [0.25, 0.3) is 0 Å². The second kappa shape index (κ2) is 7.64. The topological polar surface area (TPSA) is 52.8 Å². The summed E-state index contributed by atoms with van der Waals surface area (Å²) in [6, 6.07) is 7.82. The summed E-state index contributed by atoms with van der Waals surface area (Å²) in [6.07, 6.45) is 0. The van der Waals surface area contributed by atoms with Gasteiger partial charge in [0, 0.05) is 16.8 Å². The maximum atomic E-state index is 5.68. The van der Waals surface area contributed by atoms with E-state index in [4.69, 9.17) is 4.74 Å². The molecule has 0 bridgehead atoms. The van der Waals surface area contributed by atoms with E-state index in [1.165, 1.54) is 0 Å². The molecule has 0 aliphatic rings. The molecule has 0 saturated carbocycles. The van der Waals surface area contributed by atoms with Gasteiger partial charge in [0.15, 0.2) is 0 Å². The maximum absolute atomic E-state index is 5.68. The zero-order chi connectivity index (χ0) is 14.4. The Balaban J connectivity index is 1.77. The van der Waals surface area contributed by atoms with Gasteiger partial charge in [-0.1, -0.05) is 47.6 Å². The molecule has 0 amide bonds. The highest BCUT2D eigenvalue weighted by molar-refractivity contribution is 9.10. The van der Waals surface area contributed by atoms with Gasteiger partial charge in [0.2, 0.25) is 5.16 Å². The predicted octanol–water partition coefficient (Wildman–Crippen LogP) is 3.26. The van der Waals surface area contributed by atoms with E-state index in [9.17, 15) is 0 Å². The van der Waals surface area contributed by atoms with E-state index in [1.54, 1.807) is 11.8 Å². The molecule has 0 atom stereocenters. The van der Waals surface area contributed by atoms with Gasteiger partial charge in [-0.05, 0) is 34.5 Å². The van der Waals surface area contributed by atoms with Crippen molar-refractivity contribution in [3.05, 3.63) is 28.7 Å². The molecule has 2 rings (SSSR count). The molecule has 108 valence electrons. The fourth-order valence-electron chi connectivity index (χ4n) is 1.61. The number of halogens is 1. The van der Waals surface area contributed by atoms with Gasteiger partial charge in [0.25, 0.3) is 0 Å². The zero-order valence-electron chi connectivity index (χ0n) is 11.5. The summed E-state index contributed by atoms with van der Waals surface area (Å²) in [5, 5.41) is 12.6. The average molecular weight is 357 g/mol. The number of thioether (sulfide) groups is 1. The highest BCUT2D eigenvalue weighted by atomic mass is 79.9. The van der Waals surface area contributed by atoms with Crippen LogP contribution >= 0.6 is 27.7 Å². The number of tetrazole rings is 1. The van der Waals surface area contributed by atoms with Crippen LogP contribution in [0.4, 0.5) is 0 Å². The van der Waals surface area contributed by atoms with Crippen molar-refractivity contribution in [3.63, 3.8) is 0 Å². The van der Waals surface area contributed by atoms with Gasteiger partial charge >= 0.3 is 0 Å². The van der Waals surface area contributed by atoms with Gasteiger partial charge in [-0.3, -0.25) is 0 Å². The van der Waals surface area contributed by atoms with Crippen LogP contribution in [-0.2, 0) is 6.54 Å².